The van der Waals surface area contributed by atoms with Gasteiger partial charge in [-0.3, -0.25) is 0 Å². The molecular formula is C14H23BrN2O2. The van der Waals surface area contributed by atoms with Crippen molar-refractivity contribution in [1.29, 1.82) is 0 Å². The first-order valence-corrected chi connectivity index (χ1v) is 7.21. The summed E-state index contributed by atoms with van der Waals surface area (Å²) in [5.41, 5.74) is 2.30. The Labute approximate surface area is 123 Å². The molecule has 0 aliphatic carbocycles. The van der Waals surface area contributed by atoms with E-state index < -0.39 is 0 Å². The third kappa shape index (κ3) is 5.10. The first-order chi connectivity index (χ1) is 9.10. The van der Waals surface area contributed by atoms with Gasteiger partial charge in [-0.25, -0.2) is 0 Å². The van der Waals surface area contributed by atoms with Gasteiger partial charge in [-0.1, -0.05) is 6.07 Å². The molecule has 1 atom stereocenters. The molecule has 5 heteroatoms. The van der Waals surface area contributed by atoms with Gasteiger partial charge >= 0.3 is 0 Å². The fourth-order valence-corrected chi connectivity index (χ4v) is 2.42. The van der Waals surface area contributed by atoms with Gasteiger partial charge in [0.2, 0.25) is 0 Å². The minimum Gasteiger partial charge on any atom is -0.394 e. The van der Waals surface area contributed by atoms with Crippen LogP contribution in [0.4, 0.5) is 5.69 Å². The molecule has 4 nitrogen and oxygen atoms in total. The van der Waals surface area contributed by atoms with Crippen LogP contribution >= 0.6 is 15.9 Å². The molecule has 19 heavy (non-hydrogen) atoms. The van der Waals surface area contributed by atoms with Crippen molar-refractivity contribution in [2.75, 3.05) is 38.8 Å². The van der Waals surface area contributed by atoms with E-state index in [0.29, 0.717) is 0 Å². The number of anilines is 1. The second-order valence-electron chi connectivity index (χ2n) is 4.60. The summed E-state index contributed by atoms with van der Waals surface area (Å²) in [7, 11) is 3.68. The number of aliphatic hydroxyl groups is 1. The van der Waals surface area contributed by atoms with Gasteiger partial charge in [-0.2, -0.15) is 0 Å². The Morgan fingerprint density at radius 3 is 2.79 bits per heavy atom. The van der Waals surface area contributed by atoms with E-state index in [9.17, 15) is 5.11 Å². The smallest absolute Gasteiger partial charge is 0.0632 e. The van der Waals surface area contributed by atoms with Crippen molar-refractivity contribution in [3.05, 3.63) is 28.2 Å². The number of benzene rings is 1. The Bertz CT molecular complexity index is 388. The molecule has 1 rings (SSSR count). The van der Waals surface area contributed by atoms with E-state index in [4.69, 9.17) is 4.74 Å². The lowest BCUT2D eigenvalue weighted by Crippen LogP contribution is -2.32. The normalized spacial score (nSPS) is 12.5. The molecule has 0 saturated carbocycles. The lowest BCUT2D eigenvalue weighted by atomic mass is 10.1. The average Bonchev–Trinajstić information content (AvgIpc) is 2.42. The lowest BCUT2D eigenvalue weighted by Gasteiger charge is -2.26. The number of rotatable bonds is 8. The molecular weight excluding hydrogens is 308 g/mol. The summed E-state index contributed by atoms with van der Waals surface area (Å²) in [6.07, 6.45) is 0. The molecule has 0 amide bonds. The topological polar surface area (TPSA) is 44.7 Å². The van der Waals surface area contributed by atoms with Crippen molar-refractivity contribution in [3.63, 3.8) is 0 Å². The van der Waals surface area contributed by atoms with Crippen LogP contribution in [0.5, 0.6) is 0 Å². The van der Waals surface area contributed by atoms with Crippen LogP contribution in [0.1, 0.15) is 12.5 Å². The molecule has 1 aromatic rings. The first-order valence-electron chi connectivity index (χ1n) is 6.42. The second kappa shape index (κ2) is 8.53. The first kappa shape index (κ1) is 16.4. The third-order valence-corrected chi connectivity index (χ3v) is 3.76. The van der Waals surface area contributed by atoms with Crippen molar-refractivity contribution in [2.45, 2.75) is 19.5 Å². The van der Waals surface area contributed by atoms with E-state index in [1.807, 2.05) is 14.0 Å². The molecule has 0 aliphatic rings. The number of hydrogen-bond acceptors (Lipinski definition) is 4. The van der Waals surface area contributed by atoms with E-state index in [1.165, 1.54) is 5.56 Å². The maximum Gasteiger partial charge on any atom is 0.0632 e. The monoisotopic (exact) mass is 330 g/mol. The van der Waals surface area contributed by atoms with Crippen LogP contribution in [0.3, 0.4) is 0 Å². The Morgan fingerprint density at radius 1 is 1.47 bits per heavy atom. The van der Waals surface area contributed by atoms with E-state index in [0.717, 1.165) is 29.9 Å². The van der Waals surface area contributed by atoms with Crippen molar-refractivity contribution in [1.82, 2.24) is 5.32 Å². The molecule has 0 spiro atoms. The Hall–Kier alpha value is -0.620. The van der Waals surface area contributed by atoms with Gasteiger partial charge in [-0.15, -0.1) is 0 Å². The van der Waals surface area contributed by atoms with E-state index in [-0.39, 0.29) is 12.6 Å². The zero-order chi connectivity index (χ0) is 14.3. The molecule has 0 saturated heterocycles. The van der Waals surface area contributed by atoms with Crippen LogP contribution in [0.2, 0.25) is 0 Å². The zero-order valence-electron chi connectivity index (χ0n) is 11.8. The summed E-state index contributed by atoms with van der Waals surface area (Å²) >= 11 is 3.59. The number of halogens is 1. The molecule has 2 N–H and O–H groups in total. The van der Waals surface area contributed by atoms with Crippen LogP contribution < -0.4 is 10.2 Å². The van der Waals surface area contributed by atoms with Crippen molar-refractivity contribution >= 4 is 21.6 Å². The fourth-order valence-electron chi connectivity index (χ4n) is 1.71. The van der Waals surface area contributed by atoms with E-state index in [2.05, 4.69) is 44.3 Å². The Balaban J connectivity index is 2.63. The molecule has 108 valence electrons. The van der Waals surface area contributed by atoms with Gasteiger partial charge in [0.1, 0.15) is 0 Å². The van der Waals surface area contributed by atoms with Gasteiger partial charge < -0.3 is 20.1 Å². The molecule has 0 aliphatic heterocycles. The summed E-state index contributed by atoms with van der Waals surface area (Å²) < 4.78 is 6.03. The fraction of sp³-hybridized carbons (Fsp3) is 0.571. The van der Waals surface area contributed by atoms with E-state index >= 15 is 0 Å². The standard InChI is InChI=1S/C14H23BrN2O2/c1-11(10-18)17(2)14-5-4-12(8-13(14)15)9-16-6-7-19-3/h4-5,8,11,16,18H,6-7,9-10H2,1-3H3. The largest absolute Gasteiger partial charge is 0.394 e. The Morgan fingerprint density at radius 2 is 2.21 bits per heavy atom. The lowest BCUT2D eigenvalue weighted by molar-refractivity contribution is 0.199. The number of methoxy groups -OCH3 is 1. The van der Waals surface area contributed by atoms with Crippen LogP contribution in [-0.2, 0) is 11.3 Å². The predicted molar refractivity (Wildman–Crippen MR) is 82.7 cm³/mol. The predicted octanol–water partition coefficient (Wildman–Crippen LogP) is 2.00. The van der Waals surface area contributed by atoms with Crippen molar-refractivity contribution in [2.24, 2.45) is 0 Å². The number of hydrogen-bond donors (Lipinski definition) is 2. The highest BCUT2D eigenvalue weighted by Crippen LogP contribution is 2.27. The number of likely N-dealkylation sites (N-methyl/N-ethyl adjacent to an activating group) is 1. The summed E-state index contributed by atoms with van der Waals surface area (Å²) in [5.74, 6) is 0. The third-order valence-electron chi connectivity index (χ3n) is 3.13. The number of nitrogens with one attached hydrogen (secondary N) is 1. The van der Waals surface area contributed by atoms with Gasteiger partial charge in [-0.05, 0) is 40.5 Å². The summed E-state index contributed by atoms with van der Waals surface area (Å²) in [6, 6.07) is 6.38. The quantitative estimate of drug-likeness (QED) is 0.715. The van der Waals surface area contributed by atoms with Crippen LogP contribution in [-0.4, -0.2) is 45.1 Å². The molecule has 1 aromatic carbocycles. The minimum atomic E-state index is 0.0991. The summed E-state index contributed by atoms with van der Waals surface area (Å²) in [4.78, 5) is 2.06. The number of nitrogens with zero attached hydrogens (tertiary/aromatic N) is 1. The summed E-state index contributed by atoms with van der Waals surface area (Å²) in [6.45, 7) is 4.52. The van der Waals surface area contributed by atoms with Gasteiger partial charge in [0.05, 0.1) is 18.9 Å². The van der Waals surface area contributed by atoms with Gasteiger partial charge in [0.15, 0.2) is 0 Å². The van der Waals surface area contributed by atoms with Crippen molar-refractivity contribution in [3.8, 4) is 0 Å². The average molecular weight is 331 g/mol. The number of ether oxygens (including phenoxy) is 1. The molecule has 0 bridgehead atoms. The molecule has 0 aromatic heterocycles. The van der Waals surface area contributed by atoms with Crippen LogP contribution in [0.25, 0.3) is 0 Å². The van der Waals surface area contributed by atoms with E-state index in [1.54, 1.807) is 7.11 Å². The number of aliphatic hydroxyl groups excluding tert-OH is 1. The maximum absolute atomic E-state index is 9.20. The second-order valence-corrected chi connectivity index (χ2v) is 5.45. The van der Waals surface area contributed by atoms with Crippen molar-refractivity contribution < 1.29 is 9.84 Å². The highest BCUT2D eigenvalue weighted by atomic mass is 79.9. The van der Waals surface area contributed by atoms with Crippen LogP contribution in [0, 0.1) is 0 Å². The van der Waals surface area contributed by atoms with Crippen LogP contribution in [0.15, 0.2) is 22.7 Å². The highest BCUT2D eigenvalue weighted by molar-refractivity contribution is 9.10. The molecule has 1 unspecified atom stereocenters. The van der Waals surface area contributed by atoms with Gasteiger partial charge in [0, 0.05) is 37.8 Å². The molecule has 0 radical (unpaired) electrons. The maximum atomic E-state index is 9.20. The minimum absolute atomic E-state index is 0.0991. The summed E-state index contributed by atoms with van der Waals surface area (Å²) in [5, 5.41) is 12.5. The van der Waals surface area contributed by atoms with Gasteiger partial charge in [0.25, 0.3) is 0 Å². The zero-order valence-corrected chi connectivity index (χ0v) is 13.4. The SMILES string of the molecule is COCCNCc1ccc(N(C)C(C)CO)c(Br)c1. The molecule has 0 fully saturated rings. The Kier molecular flexibility index (Phi) is 7.38. The highest BCUT2D eigenvalue weighted by Gasteiger charge is 2.12. The molecule has 0 heterocycles.